The Morgan fingerprint density at radius 2 is 2.05 bits per heavy atom. The lowest BCUT2D eigenvalue weighted by Gasteiger charge is -2.32. The summed E-state index contributed by atoms with van der Waals surface area (Å²) in [4.78, 5) is 21.0. The van der Waals surface area contributed by atoms with Crippen LogP contribution in [0.25, 0.3) is 10.8 Å². The summed E-state index contributed by atoms with van der Waals surface area (Å²) < 4.78 is 0. The highest BCUT2D eigenvalue weighted by Gasteiger charge is 2.39. The summed E-state index contributed by atoms with van der Waals surface area (Å²) >= 11 is 1.60. The predicted octanol–water partition coefficient (Wildman–Crippen LogP) is 3.28. The van der Waals surface area contributed by atoms with Crippen LogP contribution < -0.4 is 4.90 Å². The van der Waals surface area contributed by atoms with Crippen molar-refractivity contribution in [2.75, 3.05) is 18.2 Å². The molecule has 0 aliphatic carbocycles. The zero-order valence-corrected chi connectivity index (χ0v) is 13.2. The first-order chi connectivity index (χ1) is 10.8. The number of nitrogens with zero attached hydrogens (tertiary/aromatic N) is 3. The van der Waals surface area contributed by atoms with Gasteiger partial charge in [-0.25, -0.2) is 4.99 Å². The van der Waals surface area contributed by atoms with Gasteiger partial charge in [0.2, 0.25) is 5.91 Å². The molecule has 1 fully saturated rings. The average Bonchev–Trinajstić information content (AvgIpc) is 2.90. The molecule has 112 valence electrons. The smallest absolute Gasteiger partial charge is 0.243 e. The minimum Gasteiger partial charge on any atom is -0.333 e. The lowest BCUT2D eigenvalue weighted by atomic mass is 10.1. The van der Waals surface area contributed by atoms with Crippen molar-refractivity contribution in [3.05, 3.63) is 42.5 Å². The van der Waals surface area contributed by atoms with Crippen LogP contribution in [0.3, 0.4) is 0 Å². The number of amides is 1. The average molecular weight is 311 g/mol. The number of hydrogen-bond acceptors (Lipinski definition) is 4. The lowest BCUT2D eigenvalue weighted by molar-refractivity contribution is -0.126. The summed E-state index contributed by atoms with van der Waals surface area (Å²) in [5.74, 6) is 0.191. The molecular weight excluding hydrogens is 294 g/mol. The van der Waals surface area contributed by atoms with Crippen molar-refractivity contribution in [2.24, 2.45) is 4.99 Å². The van der Waals surface area contributed by atoms with E-state index in [0.717, 1.165) is 17.3 Å². The molecule has 1 saturated heterocycles. The largest absolute Gasteiger partial charge is 0.333 e. The van der Waals surface area contributed by atoms with E-state index < -0.39 is 0 Å². The summed E-state index contributed by atoms with van der Waals surface area (Å²) in [6.07, 6.45) is 0.854. The summed E-state index contributed by atoms with van der Waals surface area (Å²) in [6.45, 7) is 3.25. The van der Waals surface area contributed by atoms with Gasteiger partial charge in [0.25, 0.3) is 0 Å². The van der Waals surface area contributed by atoms with Crippen LogP contribution in [-0.4, -0.2) is 34.6 Å². The Balaban J connectivity index is 1.69. The maximum Gasteiger partial charge on any atom is 0.243 e. The van der Waals surface area contributed by atoms with Crippen molar-refractivity contribution in [2.45, 2.75) is 18.6 Å². The highest BCUT2D eigenvalue weighted by atomic mass is 32.2. The SMILES string of the molecule is CCC1SC2=NCN(c3cccc4ccccc34)CN2C1=O. The van der Waals surface area contributed by atoms with Gasteiger partial charge in [0, 0.05) is 11.1 Å². The van der Waals surface area contributed by atoms with Gasteiger partial charge in [-0.3, -0.25) is 9.69 Å². The second-order valence-electron chi connectivity index (χ2n) is 5.54. The molecule has 2 aliphatic rings. The number of anilines is 1. The van der Waals surface area contributed by atoms with Crippen molar-refractivity contribution in [3.63, 3.8) is 0 Å². The number of benzene rings is 2. The number of rotatable bonds is 2. The summed E-state index contributed by atoms with van der Waals surface area (Å²) in [5.41, 5.74) is 1.14. The first-order valence-electron chi connectivity index (χ1n) is 7.53. The molecule has 4 nitrogen and oxygen atoms in total. The topological polar surface area (TPSA) is 35.9 Å². The van der Waals surface area contributed by atoms with E-state index in [0.29, 0.717) is 13.3 Å². The predicted molar refractivity (Wildman–Crippen MR) is 92.1 cm³/mol. The van der Waals surface area contributed by atoms with Gasteiger partial charge in [0.1, 0.15) is 13.3 Å². The molecule has 0 aromatic heterocycles. The molecule has 4 rings (SSSR count). The van der Waals surface area contributed by atoms with E-state index in [2.05, 4.69) is 53.2 Å². The summed E-state index contributed by atoms with van der Waals surface area (Å²) in [5, 5.41) is 3.33. The Bertz CT molecular complexity index is 768. The maximum atomic E-state index is 12.4. The molecule has 0 N–H and O–H groups in total. The lowest BCUT2D eigenvalue weighted by Crippen LogP contribution is -2.46. The van der Waals surface area contributed by atoms with Gasteiger partial charge in [-0.15, -0.1) is 0 Å². The van der Waals surface area contributed by atoms with Gasteiger partial charge in [-0.1, -0.05) is 55.1 Å². The van der Waals surface area contributed by atoms with Crippen LogP contribution in [0, 0.1) is 0 Å². The third kappa shape index (κ3) is 2.08. The fraction of sp³-hybridized carbons (Fsp3) is 0.294. The highest BCUT2D eigenvalue weighted by molar-refractivity contribution is 8.15. The number of aliphatic imine (C=N–C) groups is 1. The van der Waals surface area contributed by atoms with Gasteiger partial charge in [-0.2, -0.15) is 0 Å². The Morgan fingerprint density at radius 3 is 2.91 bits per heavy atom. The third-order valence-electron chi connectivity index (χ3n) is 4.19. The molecule has 2 heterocycles. The molecule has 0 radical (unpaired) electrons. The van der Waals surface area contributed by atoms with Crippen LogP contribution in [0.5, 0.6) is 0 Å². The van der Waals surface area contributed by atoms with Crippen LogP contribution in [0.2, 0.25) is 0 Å². The zero-order chi connectivity index (χ0) is 15.1. The number of fused-ring (bicyclic) bond motifs is 2. The maximum absolute atomic E-state index is 12.4. The molecule has 0 spiro atoms. The van der Waals surface area contributed by atoms with E-state index in [-0.39, 0.29) is 11.2 Å². The molecule has 1 unspecified atom stereocenters. The van der Waals surface area contributed by atoms with Crippen molar-refractivity contribution >= 4 is 39.3 Å². The number of hydrogen-bond donors (Lipinski definition) is 0. The van der Waals surface area contributed by atoms with Gasteiger partial charge in [-0.05, 0) is 17.9 Å². The van der Waals surface area contributed by atoms with Crippen molar-refractivity contribution in [1.29, 1.82) is 0 Å². The van der Waals surface area contributed by atoms with Crippen LogP contribution in [0.15, 0.2) is 47.5 Å². The Hall–Kier alpha value is -2.01. The molecule has 0 bridgehead atoms. The second kappa shape index (κ2) is 5.32. The number of amidine groups is 1. The Labute approximate surface area is 133 Å². The first-order valence-corrected chi connectivity index (χ1v) is 8.41. The molecule has 1 amide bonds. The Kier molecular flexibility index (Phi) is 3.30. The number of thioether (sulfide) groups is 1. The van der Waals surface area contributed by atoms with E-state index in [9.17, 15) is 4.79 Å². The van der Waals surface area contributed by atoms with E-state index in [1.165, 1.54) is 10.8 Å². The normalized spacial score (nSPS) is 21.2. The first kappa shape index (κ1) is 13.6. The monoisotopic (exact) mass is 311 g/mol. The van der Waals surface area contributed by atoms with Crippen molar-refractivity contribution < 1.29 is 4.79 Å². The van der Waals surface area contributed by atoms with E-state index in [1.54, 1.807) is 11.8 Å². The molecular formula is C17H17N3OS. The van der Waals surface area contributed by atoms with Crippen LogP contribution in [0.4, 0.5) is 5.69 Å². The van der Waals surface area contributed by atoms with E-state index in [1.807, 2.05) is 11.0 Å². The van der Waals surface area contributed by atoms with Crippen molar-refractivity contribution in [3.8, 4) is 0 Å². The highest BCUT2D eigenvalue weighted by Crippen LogP contribution is 2.34. The standard InChI is InChI=1S/C17H17N3OS/c1-2-15-16(21)20-11-19(10-18-17(20)22-15)14-9-5-7-12-6-3-4-8-13(12)14/h3-9,15H,2,10-11H2,1H3. The fourth-order valence-corrected chi connectivity index (χ4v) is 4.07. The molecule has 1 atom stereocenters. The summed E-state index contributed by atoms with van der Waals surface area (Å²) in [6, 6.07) is 14.6. The molecule has 2 aromatic rings. The van der Waals surface area contributed by atoms with Crippen LogP contribution in [-0.2, 0) is 4.79 Å². The Morgan fingerprint density at radius 1 is 1.23 bits per heavy atom. The minimum absolute atomic E-state index is 0.0335. The van der Waals surface area contributed by atoms with E-state index in [4.69, 9.17) is 0 Å². The number of carbonyl (C=O) groups is 1. The van der Waals surface area contributed by atoms with Gasteiger partial charge in [0.05, 0.1) is 5.25 Å². The summed E-state index contributed by atoms with van der Waals surface area (Å²) in [7, 11) is 0. The van der Waals surface area contributed by atoms with Crippen LogP contribution in [0.1, 0.15) is 13.3 Å². The van der Waals surface area contributed by atoms with E-state index >= 15 is 0 Å². The van der Waals surface area contributed by atoms with Gasteiger partial charge in [0.15, 0.2) is 5.17 Å². The third-order valence-corrected chi connectivity index (χ3v) is 5.57. The fourth-order valence-electron chi connectivity index (χ4n) is 3.02. The molecule has 5 heteroatoms. The van der Waals surface area contributed by atoms with Gasteiger partial charge < -0.3 is 4.90 Å². The van der Waals surface area contributed by atoms with Crippen LogP contribution >= 0.6 is 11.8 Å². The number of carbonyl (C=O) groups excluding carboxylic acids is 1. The minimum atomic E-state index is 0.0335. The van der Waals surface area contributed by atoms with Crippen molar-refractivity contribution in [1.82, 2.24) is 4.90 Å². The molecule has 0 saturated carbocycles. The van der Waals surface area contributed by atoms with Gasteiger partial charge >= 0.3 is 0 Å². The second-order valence-corrected chi connectivity index (χ2v) is 6.71. The molecule has 2 aliphatic heterocycles. The zero-order valence-electron chi connectivity index (χ0n) is 12.4. The quantitative estimate of drug-likeness (QED) is 0.854. The molecule has 22 heavy (non-hydrogen) atoms. The molecule has 2 aromatic carbocycles.